The lowest BCUT2D eigenvalue weighted by atomic mass is 9.71. The summed E-state index contributed by atoms with van der Waals surface area (Å²) in [4.78, 5) is 51.5. The standard InChI is InChI=1S/C32H37N3O7/c1-21-25-11-10-24(16-27(25)42-31(39)26(21)15-22-7-3-2-4-8-22)41-20-29(37)33-17-28(36)34-18-30(38)35-14-13-32(40)12-6-5-9-23(32)19-35/h2-4,7-8,10-11,16,23,40H,5-6,9,12-15,17-20H2,1H3,(H,33,37)(H,34,36)/t23-,32+/m0/s1. The van der Waals surface area contributed by atoms with Crippen LogP contribution in [0.4, 0.5) is 0 Å². The molecule has 5 rings (SSSR count). The number of nitrogens with one attached hydrogen (secondary N) is 2. The predicted molar refractivity (Wildman–Crippen MR) is 156 cm³/mol. The summed E-state index contributed by atoms with van der Waals surface area (Å²) in [6, 6.07) is 14.7. The molecule has 2 aliphatic rings. The van der Waals surface area contributed by atoms with Gasteiger partial charge in [0.25, 0.3) is 5.91 Å². The molecule has 1 aliphatic heterocycles. The molecule has 3 aromatic rings. The van der Waals surface area contributed by atoms with Crippen molar-refractivity contribution in [3.8, 4) is 5.75 Å². The second-order valence-electron chi connectivity index (χ2n) is 11.3. The van der Waals surface area contributed by atoms with Gasteiger partial charge in [-0.15, -0.1) is 0 Å². The highest BCUT2D eigenvalue weighted by Gasteiger charge is 2.43. The number of aliphatic hydroxyl groups is 1. The summed E-state index contributed by atoms with van der Waals surface area (Å²) in [6.07, 6.45) is 4.79. The summed E-state index contributed by atoms with van der Waals surface area (Å²) >= 11 is 0. The second kappa shape index (κ2) is 12.8. The molecule has 0 spiro atoms. The number of ether oxygens (including phenoxy) is 1. The Hall–Kier alpha value is -4.18. The molecule has 2 aromatic carbocycles. The lowest BCUT2D eigenvalue weighted by molar-refractivity contribution is -0.143. The highest BCUT2D eigenvalue weighted by Crippen LogP contribution is 2.39. The lowest BCUT2D eigenvalue weighted by Gasteiger charge is -2.47. The van der Waals surface area contributed by atoms with Gasteiger partial charge in [-0.1, -0.05) is 43.2 Å². The largest absolute Gasteiger partial charge is 0.484 e. The highest BCUT2D eigenvalue weighted by molar-refractivity contribution is 5.88. The van der Waals surface area contributed by atoms with Crippen LogP contribution in [0.3, 0.4) is 0 Å². The van der Waals surface area contributed by atoms with Crippen molar-refractivity contribution in [2.75, 3.05) is 32.8 Å². The van der Waals surface area contributed by atoms with Crippen LogP contribution >= 0.6 is 0 Å². The number of likely N-dealkylation sites (tertiary alicyclic amines) is 1. The number of hydrogen-bond acceptors (Lipinski definition) is 7. The number of fused-ring (bicyclic) bond motifs is 2. The average molecular weight is 576 g/mol. The number of aryl methyl sites for hydroxylation is 1. The van der Waals surface area contributed by atoms with E-state index < -0.39 is 23.0 Å². The number of carbonyl (C=O) groups is 3. The fourth-order valence-electron chi connectivity index (χ4n) is 5.99. The van der Waals surface area contributed by atoms with Crippen LogP contribution in [0.2, 0.25) is 0 Å². The van der Waals surface area contributed by atoms with Crippen LogP contribution < -0.4 is 21.0 Å². The summed E-state index contributed by atoms with van der Waals surface area (Å²) in [5.41, 5.74) is 1.70. The van der Waals surface area contributed by atoms with Gasteiger partial charge in [-0.3, -0.25) is 14.4 Å². The van der Waals surface area contributed by atoms with Crippen LogP contribution in [0.5, 0.6) is 5.75 Å². The van der Waals surface area contributed by atoms with Gasteiger partial charge in [0.05, 0.1) is 18.7 Å². The van der Waals surface area contributed by atoms with E-state index in [1.54, 1.807) is 23.1 Å². The van der Waals surface area contributed by atoms with E-state index in [0.717, 1.165) is 42.2 Å². The van der Waals surface area contributed by atoms with Crippen LogP contribution in [0, 0.1) is 12.8 Å². The first kappa shape index (κ1) is 29.3. The Morgan fingerprint density at radius 3 is 2.64 bits per heavy atom. The molecule has 10 heteroatoms. The number of hydrogen-bond donors (Lipinski definition) is 3. The van der Waals surface area contributed by atoms with Gasteiger partial charge in [0.1, 0.15) is 11.3 Å². The van der Waals surface area contributed by atoms with Gasteiger partial charge in [-0.2, -0.15) is 0 Å². The Morgan fingerprint density at radius 1 is 1.05 bits per heavy atom. The van der Waals surface area contributed by atoms with Crippen molar-refractivity contribution < 1.29 is 28.6 Å². The van der Waals surface area contributed by atoms with Gasteiger partial charge < -0.3 is 29.8 Å². The molecule has 2 fully saturated rings. The highest BCUT2D eigenvalue weighted by atomic mass is 16.5. The molecule has 1 aromatic heterocycles. The van der Waals surface area contributed by atoms with Gasteiger partial charge in [0.15, 0.2) is 6.61 Å². The maximum absolute atomic E-state index is 12.7. The van der Waals surface area contributed by atoms with Crippen molar-refractivity contribution in [1.29, 1.82) is 0 Å². The summed E-state index contributed by atoms with van der Waals surface area (Å²) < 4.78 is 11.1. The molecule has 222 valence electrons. The van der Waals surface area contributed by atoms with Crippen molar-refractivity contribution in [2.24, 2.45) is 5.92 Å². The molecule has 1 aliphatic carbocycles. The Kier molecular flexibility index (Phi) is 8.91. The zero-order valence-corrected chi connectivity index (χ0v) is 23.8. The Morgan fingerprint density at radius 2 is 1.83 bits per heavy atom. The first-order valence-corrected chi connectivity index (χ1v) is 14.5. The van der Waals surface area contributed by atoms with Crippen molar-refractivity contribution in [3.05, 3.63) is 75.6 Å². The van der Waals surface area contributed by atoms with Crippen LogP contribution in [-0.4, -0.2) is 66.1 Å². The average Bonchev–Trinajstić information content (AvgIpc) is 2.99. The Bertz CT molecular complexity index is 1520. The summed E-state index contributed by atoms with van der Waals surface area (Å²) in [5, 5.41) is 16.6. The first-order valence-electron chi connectivity index (χ1n) is 14.5. The number of benzene rings is 2. The molecule has 2 atom stereocenters. The van der Waals surface area contributed by atoms with Crippen molar-refractivity contribution in [3.63, 3.8) is 0 Å². The third kappa shape index (κ3) is 6.82. The fourth-order valence-corrected chi connectivity index (χ4v) is 5.99. The van der Waals surface area contributed by atoms with E-state index in [2.05, 4.69) is 10.6 Å². The first-order chi connectivity index (χ1) is 20.2. The molecule has 1 saturated carbocycles. The number of rotatable bonds is 9. The number of carbonyl (C=O) groups excluding carboxylic acids is 3. The molecule has 3 amide bonds. The van der Waals surface area contributed by atoms with E-state index in [4.69, 9.17) is 9.15 Å². The summed E-state index contributed by atoms with van der Waals surface area (Å²) in [5.74, 6) is -0.774. The summed E-state index contributed by atoms with van der Waals surface area (Å²) in [7, 11) is 0. The van der Waals surface area contributed by atoms with Crippen LogP contribution in [0.1, 0.15) is 48.8 Å². The van der Waals surface area contributed by atoms with Crippen LogP contribution in [0.15, 0.2) is 57.7 Å². The molecular weight excluding hydrogens is 538 g/mol. The monoisotopic (exact) mass is 575 g/mol. The van der Waals surface area contributed by atoms with Crippen LogP contribution in [-0.2, 0) is 20.8 Å². The molecule has 1 saturated heterocycles. The zero-order valence-electron chi connectivity index (χ0n) is 23.8. The molecule has 2 heterocycles. The third-order valence-electron chi connectivity index (χ3n) is 8.52. The molecule has 0 radical (unpaired) electrons. The van der Waals surface area contributed by atoms with Gasteiger partial charge >= 0.3 is 5.63 Å². The molecule has 3 N–H and O–H groups in total. The molecule has 0 unspecified atom stereocenters. The van der Waals surface area contributed by atoms with Gasteiger partial charge in [0.2, 0.25) is 11.8 Å². The number of nitrogens with zero attached hydrogens (tertiary/aromatic N) is 1. The smallest absolute Gasteiger partial charge is 0.340 e. The maximum atomic E-state index is 12.7. The van der Waals surface area contributed by atoms with E-state index in [1.807, 2.05) is 37.3 Å². The van der Waals surface area contributed by atoms with Crippen molar-refractivity contribution in [2.45, 2.75) is 51.0 Å². The van der Waals surface area contributed by atoms with Gasteiger partial charge in [-0.25, -0.2) is 4.79 Å². The minimum atomic E-state index is -0.670. The minimum absolute atomic E-state index is 0.0821. The minimum Gasteiger partial charge on any atom is -0.484 e. The van der Waals surface area contributed by atoms with E-state index in [0.29, 0.717) is 42.8 Å². The maximum Gasteiger partial charge on any atom is 0.340 e. The topological polar surface area (TPSA) is 138 Å². The number of piperidine rings is 1. The third-order valence-corrected chi connectivity index (χ3v) is 8.52. The quantitative estimate of drug-likeness (QED) is 0.333. The van der Waals surface area contributed by atoms with Crippen molar-refractivity contribution >= 4 is 28.7 Å². The van der Waals surface area contributed by atoms with E-state index in [9.17, 15) is 24.3 Å². The second-order valence-corrected chi connectivity index (χ2v) is 11.3. The van der Waals surface area contributed by atoms with E-state index >= 15 is 0 Å². The molecule has 10 nitrogen and oxygen atoms in total. The normalized spacial score (nSPS) is 20.0. The van der Waals surface area contributed by atoms with Crippen LogP contribution in [0.25, 0.3) is 11.0 Å². The van der Waals surface area contributed by atoms with Gasteiger partial charge in [0, 0.05) is 42.4 Å². The SMILES string of the molecule is Cc1c(Cc2ccccc2)c(=O)oc2cc(OCC(=O)NCC(=O)NCC(=O)N3CC[C@]4(O)CCCC[C@H]4C3)ccc12. The molecule has 42 heavy (non-hydrogen) atoms. The predicted octanol–water partition coefficient (Wildman–Crippen LogP) is 2.46. The fraction of sp³-hybridized carbons (Fsp3) is 0.438. The zero-order chi connectivity index (χ0) is 29.7. The van der Waals surface area contributed by atoms with E-state index in [-0.39, 0.29) is 31.5 Å². The van der Waals surface area contributed by atoms with Crippen molar-refractivity contribution in [1.82, 2.24) is 15.5 Å². The summed E-state index contributed by atoms with van der Waals surface area (Å²) in [6.45, 7) is 2.06. The molecule has 0 bridgehead atoms. The molecular formula is C32H37N3O7. The lowest BCUT2D eigenvalue weighted by Crippen LogP contribution is -2.56. The Balaban J connectivity index is 1.06. The number of amides is 3. The Labute approximate surface area is 244 Å². The van der Waals surface area contributed by atoms with Gasteiger partial charge in [-0.05, 0) is 49.4 Å². The van der Waals surface area contributed by atoms with E-state index in [1.165, 1.54) is 0 Å².